The fraction of sp³-hybridized carbons (Fsp3) is 0.296. The van der Waals surface area contributed by atoms with Crippen molar-refractivity contribution in [3.63, 3.8) is 0 Å². The monoisotopic (exact) mass is 535 g/mol. The first-order chi connectivity index (χ1) is 16.6. The Balaban J connectivity index is 1.56. The van der Waals surface area contributed by atoms with E-state index >= 15 is 0 Å². The number of carbonyl (C=O) groups is 2. The molecule has 0 saturated heterocycles. The van der Waals surface area contributed by atoms with Crippen LogP contribution in [0.25, 0.3) is 0 Å². The van der Waals surface area contributed by atoms with Gasteiger partial charge in [-0.1, -0.05) is 41.9 Å². The van der Waals surface area contributed by atoms with E-state index in [1.807, 2.05) is 39.0 Å². The molecule has 180 valence electrons. The number of ether oxygens (including phenoxy) is 2. The van der Waals surface area contributed by atoms with Crippen molar-refractivity contribution in [2.45, 2.75) is 39.5 Å². The van der Waals surface area contributed by atoms with Gasteiger partial charge in [0, 0.05) is 28.6 Å². The van der Waals surface area contributed by atoms with Crippen LogP contribution in [0.2, 0.25) is 0 Å². The second kappa shape index (κ2) is 9.59. The number of halogens is 1. The standard InChI is InChI=1S/C27H26BrN3O4/c1-15-9-17(7-8-20(15)28)31-23(33)14-34-18-6-4-5-16(10-18)24-19(13-29)26(30)35-22-12-27(2,3)11-21(32)25(22)24/h4-10,24H,11-12,14,30H2,1-3H3,(H,31,33). The molecule has 0 radical (unpaired) electrons. The molecular formula is C27H26BrN3O4. The number of allylic oxidation sites excluding steroid dienone is 3. The molecule has 1 unspecified atom stereocenters. The van der Waals surface area contributed by atoms with Crippen LogP contribution in [0.5, 0.6) is 5.75 Å². The lowest BCUT2D eigenvalue weighted by Crippen LogP contribution is -2.33. The summed E-state index contributed by atoms with van der Waals surface area (Å²) in [5.74, 6) is -0.0367. The van der Waals surface area contributed by atoms with Crippen LogP contribution < -0.4 is 15.8 Å². The van der Waals surface area contributed by atoms with Gasteiger partial charge in [0.1, 0.15) is 23.2 Å². The maximum absolute atomic E-state index is 13.1. The first kappa shape index (κ1) is 24.6. The van der Waals surface area contributed by atoms with Gasteiger partial charge in [0.2, 0.25) is 5.88 Å². The quantitative estimate of drug-likeness (QED) is 0.541. The number of carbonyl (C=O) groups excluding carboxylic acids is 2. The minimum atomic E-state index is -0.643. The molecule has 4 rings (SSSR count). The van der Waals surface area contributed by atoms with Gasteiger partial charge in [0.15, 0.2) is 12.4 Å². The summed E-state index contributed by atoms with van der Waals surface area (Å²) in [6.45, 7) is 5.74. The van der Waals surface area contributed by atoms with Crippen LogP contribution in [0.3, 0.4) is 0 Å². The van der Waals surface area contributed by atoms with Gasteiger partial charge in [-0.25, -0.2) is 0 Å². The number of nitrogens with zero attached hydrogens (tertiary/aromatic N) is 1. The second-order valence-corrected chi connectivity index (χ2v) is 10.4. The average Bonchev–Trinajstić information content (AvgIpc) is 2.78. The summed E-state index contributed by atoms with van der Waals surface area (Å²) in [4.78, 5) is 25.5. The fourth-order valence-electron chi connectivity index (χ4n) is 4.47. The molecule has 0 bridgehead atoms. The number of aryl methyl sites for hydroxylation is 1. The Morgan fingerprint density at radius 3 is 2.77 bits per heavy atom. The van der Waals surface area contributed by atoms with Gasteiger partial charge in [-0.15, -0.1) is 0 Å². The first-order valence-electron chi connectivity index (χ1n) is 11.2. The van der Waals surface area contributed by atoms with Gasteiger partial charge in [-0.2, -0.15) is 5.26 Å². The Labute approximate surface area is 212 Å². The number of benzene rings is 2. The predicted octanol–water partition coefficient (Wildman–Crippen LogP) is 5.23. The maximum Gasteiger partial charge on any atom is 0.262 e. The number of anilines is 1. The number of nitrogens with two attached hydrogens (primary N) is 1. The molecule has 0 spiro atoms. The number of nitriles is 1. The van der Waals surface area contributed by atoms with E-state index in [0.717, 1.165) is 10.0 Å². The molecule has 2 aliphatic rings. The number of rotatable bonds is 5. The van der Waals surface area contributed by atoms with Crippen LogP contribution in [0.15, 0.2) is 69.7 Å². The first-order valence-corrected chi connectivity index (χ1v) is 12.0. The van der Waals surface area contributed by atoms with Crippen LogP contribution in [0.1, 0.15) is 43.7 Å². The average molecular weight is 536 g/mol. The van der Waals surface area contributed by atoms with E-state index in [0.29, 0.717) is 41.2 Å². The lowest BCUT2D eigenvalue weighted by molar-refractivity contribution is -0.119. The third-order valence-corrected chi connectivity index (χ3v) is 6.97. The van der Waals surface area contributed by atoms with E-state index < -0.39 is 5.92 Å². The number of hydrogen-bond donors (Lipinski definition) is 2. The highest BCUT2D eigenvalue weighted by molar-refractivity contribution is 9.10. The third-order valence-electron chi connectivity index (χ3n) is 6.08. The lowest BCUT2D eigenvalue weighted by atomic mass is 9.70. The largest absolute Gasteiger partial charge is 0.484 e. The van der Waals surface area contributed by atoms with Crippen LogP contribution >= 0.6 is 15.9 Å². The minimum Gasteiger partial charge on any atom is -0.484 e. The summed E-state index contributed by atoms with van der Waals surface area (Å²) < 4.78 is 12.4. The Morgan fingerprint density at radius 2 is 2.06 bits per heavy atom. The molecule has 2 aromatic carbocycles. The Kier molecular flexibility index (Phi) is 6.73. The molecule has 0 fully saturated rings. The number of hydrogen-bond acceptors (Lipinski definition) is 6. The van der Waals surface area contributed by atoms with Gasteiger partial charge in [0.05, 0.1) is 5.92 Å². The lowest BCUT2D eigenvalue weighted by Gasteiger charge is -2.37. The van der Waals surface area contributed by atoms with Crippen molar-refractivity contribution in [1.82, 2.24) is 0 Å². The summed E-state index contributed by atoms with van der Waals surface area (Å²) in [5, 5.41) is 12.6. The highest BCUT2D eigenvalue weighted by atomic mass is 79.9. The fourth-order valence-corrected chi connectivity index (χ4v) is 4.72. The van der Waals surface area contributed by atoms with Gasteiger partial charge in [0.25, 0.3) is 5.91 Å². The molecule has 1 aliphatic heterocycles. The number of ketones is 1. The number of amides is 1. The van der Waals surface area contributed by atoms with Crippen LogP contribution in [-0.2, 0) is 14.3 Å². The molecule has 2 aromatic rings. The Hall–Kier alpha value is -3.57. The van der Waals surface area contributed by atoms with Gasteiger partial charge >= 0.3 is 0 Å². The summed E-state index contributed by atoms with van der Waals surface area (Å²) in [5.41, 5.74) is 8.85. The van der Waals surface area contributed by atoms with E-state index in [-0.39, 0.29) is 35.2 Å². The minimum absolute atomic E-state index is 0.0113. The number of nitrogens with one attached hydrogen (secondary N) is 1. The molecule has 0 aromatic heterocycles. The van der Waals surface area contributed by atoms with Crippen molar-refractivity contribution < 1.29 is 19.1 Å². The molecular weight excluding hydrogens is 510 g/mol. The summed E-state index contributed by atoms with van der Waals surface area (Å²) in [7, 11) is 0. The third kappa shape index (κ3) is 5.25. The summed E-state index contributed by atoms with van der Waals surface area (Å²) >= 11 is 3.44. The zero-order chi connectivity index (χ0) is 25.3. The topological polar surface area (TPSA) is 114 Å². The van der Waals surface area contributed by atoms with E-state index in [1.165, 1.54) is 0 Å². The van der Waals surface area contributed by atoms with Crippen molar-refractivity contribution in [1.29, 1.82) is 5.26 Å². The molecule has 8 heteroatoms. The van der Waals surface area contributed by atoms with Gasteiger partial charge in [-0.3, -0.25) is 9.59 Å². The summed E-state index contributed by atoms with van der Waals surface area (Å²) in [6.07, 6.45) is 0.909. The maximum atomic E-state index is 13.1. The highest BCUT2D eigenvalue weighted by Gasteiger charge is 2.43. The van der Waals surface area contributed by atoms with Gasteiger partial charge in [-0.05, 0) is 53.8 Å². The predicted molar refractivity (Wildman–Crippen MR) is 135 cm³/mol. The molecule has 3 N–H and O–H groups in total. The van der Waals surface area contributed by atoms with E-state index in [9.17, 15) is 14.9 Å². The van der Waals surface area contributed by atoms with Crippen molar-refractivity contribution in [2.75, 3.05) is 11.9 Å². The van der Waals surface area contributed by atoms with Gasteiger partial charge < -0.3 is 20.5 Å². The van der Waals surface area contributed by atoms with E-state index in [1.54, 1.807) is 24.3 Å². The molecule has 0 saturated carbocycles. The van der Waals surface area contributed by atoms with Crippen LogP contribution in [0, 0.1) is 23.7 Å². The highest BCUT2D eigenvalue weighted by Crippen LogP contribution is 2.48. The molecule has 1 amide bonds. The van der Waals surface area contributed by atoms with Crippen molar-refractivity contribution >= 4 is 33.3 Å². The van der Waals surface area contributed by atoms with E-state index in [2.05, 4.69) is 27.3 Å². The Bertz CT molecular complexity index is 1320. The molecule has 7 nitrogen and oxygen atoms in total. The van der Waals surface area contributed by atoms with Crippen molar-refractivity contribution in [3.8, 4) is 11.8 Å². The second-order valence-electron chi connectivity index (χ2n) is 9.58. The zero-order valence-corrected chi connectivity index (χ0v) is 21.4. The van der Waals surface area contributed by atoms with Crippen LogP contribution in [-0.4, -0.2) is 18.3 Å². The van der Waals surface area contributed by atoms with Crippen molar-refractivity contribution in [3.05, 3.63) is 80.9 Å². The zero-order valence-electron chi connectivity index (χ0n) is 19.8. The normalized spacial score (nSPS) is 18.9. The summed E-state index contributed by atoms with van der Waals surface area (Å²) in [6, 6.07) is 14.7. The SMILES string of the molecule is Cc1cc(NC(=O)COc2cccc(C3C(C#N)=C(N)OC4=C3C(=O)CC(C)(C)C4)c2)ccc1Br. The van der Waals surface area contributed by atoms with Crippen molar-refractivity contribution in [2.24, 2.45) is 11.1 Å². The molecule has 1 heterocycles. The van der Waals surface area contributed by atoms with Crippen LogP contribution in [0.4, 0.5) is 5.69 Å². The molecule has 1 aliphatic carbocycles. The molecule has 35 heavy (non-hydrogen) atoms. The smallest absolute Gasteiger partial charge is 0.262 e. The molecule has 1 atom stereocenters. The Morgan fingerprint density at radius 1 is 1.29 bits per heavy atom. The van der Waals surface area contributed by atoms with E-state index in [4.69, 9.17) is 15.2 Å². The number of Topliss-reactive ketones (excluding diaryl/α,β-unsaturated/α-hetero) is 1.